The molecule has 1 aromatic carbocycles. The zero-order valence-corrected chi connectivity index (χ0v) is 8.13. The molecular formula is C10H13N3. The summed E-state index contributed by atoms with van der Waals surface area (Å²) in [5.41, 5.74) is 10.2. The maximum Gasteiger partial charge on any atom is 0.0728 e. The monoisotopic (exact) mass is 175 g/mol. The summed E-state index contributed by atoms with van der Waals surface area (Å²) in [5.74, 6) is 0. The minimum Gasteiger partial charge on any atom is -0.398 e. The van der Waals surface area contributed by atoms with Crippen molar-refractivity contribution < 1.29 is 0 Å². The molecule has 0 bridgehead atoms. The molecule has 1 aromatic heterocycles. The third kappa shape index (κ3) is 1.00. The fourth-order valence-electron chi connectivity index (χ4n) is 1.75. The number of fused-ring (bicyclic) bond motifs is 1. The molecule has 0 saturated carbocycles. The van der Waals surface area contributed by atoms with Gasteiger partial charge in [0.2, 0.25) is 0 Å². The van der Waals surface area contributed by atoms with Crippen LogP contribution >= 0.6 is 0 Å². The first-order chi connectivity index (χ1) is 6.11. The van der Waals surface area contributed by atoms with Crippen LogP contribution < -0.4 is 5.73 Å². The normalized spacial score (nSPS) is 11.0. The molecule has 2 N–H and O–H groups in total. The zero-order chi connectivity index (χ0) is 9.59. The second kappa shape index (κ2) is 2.49. The van der Waals surface area contributed by atoms with Crippen LogP contribution in [0.4, 0.5) is 5.69 Å². The van der Waals surface area contributed by atoms with E-state index in [-0.39, 0.29) is 0 Å². The van der Waals surface area contributed by atoms with Crippen molar-refractivity contribution in [2.75, 3.05) is 5.73 Å². The summed E-state index contributed by atoms with van der Waals surface area (Å²) in [6, 6.07) is 2.07. The van der Waals surface area contributed by atoms with Crippen LogP contribution in [-0.4, -0.2) is 9.78 Å². The molecule has 3 heteroatoms. The fraction of sp³-hybridized carbons (Fsp3) is 0.300. The van der Waals surface area contributed by atoms with E-state index in [2.05, 4.69) is 11.2 Å². The molecule has 0 fully saturated rings. The van der Waals surface area contributed by atoms with Gasteiger partial charge in [0.05, 0.1) is 11.7 Å². The van der Waals surface area contributed by atoms with E-state index >= 15 is 0 Å². The molecule has 13 heavy (non-hydrogen) atoms. The summed E-state index contributed by atoms with van der Waals surface area (Å²) in [7, 11) is 1.93. The van der Waals surface area contributed by atoms with Gasteiger partial charge in [-0.05, 0) is 31.0 Å². The van der Waals surface area contributed by atoms with E-state index in [0.717, 1.165) is 27.7 Å². The van der Waals surface area contributed by atoms with E-state index in [1.165, 1.54) is 0 Å². The summed E-state index contributed by atoms with van der Waals surface area (Å²) >= 11 is 0. The Balaban J connectivity index is 2.97. The minimum atomic E-state index is 0.871. The van der Waals surface area contributed by atoms with Crippen molar-refractivity contribution in [3.8, 4) is 0 Å². The third-order valence-corrected chi connectivity index (χ3v) is 2.52. The molecule has 3 nitrogen and oxygen atoms in total. The maximum absolute atomic E-state index is 5.93. The SMILES string of the molecule is Cc1cc2cnn(C)c2c(C)c1N. The lowest BCUT2D eigenvalue weighted by molar-refractivity contribution is 0.795. The van der Waals surface area contributed by atoms with Gasteiger partial charge in [0, 0.05) is 18.1 Å². The Kier molecular flexibility index (Phi) is 1.55. The molecule has 0 aliphatic carbocycles. The number of nitrogens with two attached hydrogens (primary N) is 1. The number of hydrogen-bond acceptors (Lipinski definition) is 2. The van der Waals surface area contributed by atoms with Gasteiger partial charge < -0.3 is 5.73 Å². The summed E-state index contributed by atoms with van der Waals surface area (Å²) in [6.45, 7) is 4.06. The average Bonchev–Trinajstić information content (AvgIpc) is 2.43. The number of aryl methyl sites for hydroxylation is 3. The lowest BCUT2D eigenvalue weighted by Crippen LogP contribution is -1.97. The first kappa shape index (κ1) is 8.10. The molecule has 1 heterocycles. The number of anilines is 1. The first-order valence-corrected chi connectivity index (χ1v) is 4.28. The summed E-state index contributed by atoms with van der Waals surface area (Å²) in [5, 5.41) is 5.36. The lowest BCUT2D eigenvalue weighted by Gasteiger charge is -2.06. The van der Waals surface area contributed by atoms with Gasteiger partial charge in [-0.25, -0.2) is 0 Å². The molecule has 0 radical (unpaired) electrons. The lowest BCUT2D eigenvalue weighted by atomic mass is 10.1. The van der Waals surface area contributed by atoms with Gasteiger partial charge in [0.15, 0.2) is 0 Å². The molecule has 0 aliphatic rings. The predicted octanol–water partition coefficient (Wildman–Crippen LogP) is 1.77. The van der Waals surface area contributed by atoms with Crippen LogP contribution in [0.25, 0.3) is 10.9 Å². The fourth-order valence-corrected chi connectivity index (χ4v) is 1.75. The van der Waals surface area contributed by atoms with Gasteiger partial charge in [-0.2, -0.15) is 5.10 Å². The molecule has 0 aliphatic heterocycles. The Morgan fingerprint density at radius 1 is 1.38 bits per heavy atom. The summed E-state index contributed by atoms with van der Waals surface area (Å²) in [4.78, 5) is 0. The largest absolute Gasteiger partial charge is 0.398 e. The number of hydrogen-bond donors (Lipinski definition) is 1. The number of nitrogen functional groups attached to an aromatic ring is 1. The second-order valence-electron chi connectivity index (χ2n) is 3.44. The van der Waals surface area contributed by atoms with E-state index < -0.39 is 0 Å². The topological polar surface area (TPSA) is 43.8 Å². The summed E-state index contributed by atoms with van der Waals surface area (Å²) in [6.07, 6.45) is 1.87. The van der Waals surface area contributed by atoms with E-state index in [0.29, 0.717) is 0 Å². The minimum absolute atomic E-state index is 0.871. The van der Waals surface area contributed by atoms with Crippen molar-refractivity contribution in [1.29, 1.82) is 0 Å². The van der Waals surface area contributed by atoms with E-state index in [9.17, 15) is 0 Å². The van der Waals surface area contributed by atoms with Crippen LogP contribution in [0, 0.1) is 13.8 Å². The molecule has 2 rings (SSSR count). The van der Waals surface area contributed by atoms with E-state index in [1.807, 2.05) is 31.8 Å². The molecule has 0 unspecified atom stereocenters. The van der Waals surface area contributed by atoms with Gasteiger partial charge in [-0.15, -0.1) is 0 Å². The highest BCUT2D eigenvalue weighted by Crippen LogP contribution is 2.25. The molecule has 68 valence electrons. The van der Waals surface area contributed by atoms with Gasteiger partial charge >= 0.3 is 0 Å². The average molecular weight is 175 g/mol. The molecule has 0 saturated heterocycles. The third-order valence-electron chi connectivity index (χ3n) is 2.52. The van der Waals surface area contributed by atoms with E-state index in [1.54, 1.807) is 0 Å². The molecule has 2 aromatic rings. The summed E-state index contributed by atoms with van der Waals surface area (Å²) < 4.78 is 1.86. The number of rotatable bonds is 0. The maximum atomic E-state index is 5.93. The van der Waals surface area contributed by atoms with Crippen LogP contribution in [0.5, 0.6) is 0 Å². The number of benzene rings is 1. The van der Waals surface area contributed by atoms with Gasteiger partial charge in [0.25, 0.3) is 0 Å². The first-order valence-electron chi connectivity index (χ1n) is 4.28. The van der Waals surface area contributed by atoms with Crippen molar-refractivity contribution in [3.05, 3.63) is 23.4 Å². The Morgan fingerprint density at radius 3 is 2.77 bits per heavy atom. The highest BCUT2D eigenvalue weighted by atomic mass is 15.2. The van der Waals surface area contributed by atoms with Crippen LogP contribution in [0.3, 0.4) is 0 Å². The highest BCUT2D eigenvalue weighted by molar-refractivity contribution is 5.87. The predicted molar refractivity (Wildman–Crippen MR) is 54.6 cm³/mol. The van der Waals surface area contributed by atoms with Gasteiger partial charge in [-0.1, -0.05) is 0 Å². The van der Waals surface area contributed by atoms with Crippen LogP contribution in [0.1, 0.15) is 11.1 Å². The van der Waals surface area contributed by atoms with Crippen molar-refractivity contribution in [2.45, 2.75) is 13.8 Å². The Hall–Kier alpha value is -1.51. The van der Waals surface area contributed by atoms with Crippen LogP contribution in [-0.2, 0) is 7.05 Å². The smallest absolute Gasteiger partial charge is 0.0728 e. The molecule has 0 atom stereocenters. The van der Waals surface area contributed by atoms with E-state index in [4.69, 9.17) is 5.73 Å². The van der Waals surface area contributed by atoms with Gasteiger partial charge in [0.1, 0.15) is 0 Å². The van der Waals surface area contributed by atoms with Gasteiger partial charge in [-0.3, -0.25) is 4.68 Å². The van der Waals surface area contributed by atoms with Crippen molar-refractivity contribution >= 4 is 16.6 Å². The molecule has 0 amide bonds. The Bertz CT molecular complexity index is 468. The van der Waals surface area contributed by atoms with Crippen molar-refractivity contribution in [2.24, 2.45) is 7.05 Å². The van der Waals surface area contributed by atoms with Crippen LogP contribution in [0.15, 0.2) is 12.3 Å². The van der Waals surface area contributed by atoms with Crippen LogP contribution in [0.2, 0.25) is 0 Å². The quantitative estimate of drug-likeness (QED) is 0.620. The molecular weight excluding hydrogens is 162 g/mol. The number of nitrogens with zero attached hydrogens (tertiary/aromatic N) is 2. The Labute approximate surface area is 77.2 Å². The number of aromatic nitrogens is 2. The second-order valence-corrected chi connectivity index (χ2v) is 3.44. The standard InChI is InChI=1S/C10H13N3/c1-6-4-8-5-12-13(3)10(8)7(2)9(6)11/h4-5H,11H2,1-3H3. The van der Waals surface area contributed by atoms with Crippen molar-refractivity contribution in [3.63, 3.8) is 0 Å². The Morgan fingerprint density at radius 2 is 2.08 bits per heavy atom. The molecule has 0 spiro atoms. The van der Waals surface area contributed by atoms with Crippen molar-refractivity contribution in [1.82, 2.24) is 9.78 Å². The zero-order valence-electron chi connectivity index (χ0n) is 8.13. The highest BCUT2D eigenvalue weighted by Gasteiger charge is 2.07.